The van der Waals surface area contributed by atoms with E-state index < -0.39 is 0 Å². The summed E-state index contributed by atoms with van der Waals surface area (Å²) < 4.78 is 2.40. The van der Waals surface area contributed by atoms with Gasteiger partial charge in [0.1, 0.15) is 5.84 Å². The van der Waals surface area contributed by atoms with Crippen LogP contribution < -0.4 is 10.6 Å². The van der Waals surface area contributed by atoms with Crippen molar-refractivity contribution in [3.8, 4) is 61.6 Å². The van der Waals surface area contributed by atoms with Crippen LogP contribution in [-0.2, 0) is 6.54 Å². The highest BCUT2D eigenvalue weighted by Crippen LogP contribution is 2.45. The highest BCUT2D eigenvalue weighted by Gasteiger charge is 2.25. The summed E-state index contributed by atoms with van der Waals surface area (Å²) in [7, 11) is 2.15. The molecule has 9 aromatic carbocycles. The summed E-state index contributed by atoms with van der Waals surface area (Å²) in [4.78, 5) is 13.1. The lowest BCUT2D eigenvalue weighted by molar-refractivity contribution is 1.05. The number of nitrogens with two attached hydrogens (primary N) is 1. The fourth-order valence-corrected chi connectivity index (χ4v) is 9.42. The van der Waals surface area contributed by atoms with E-state index in [-0.39, 0.29) is 0 Å². The molecule has 0 aliphatic carbocycles. The van der Waals surface area contributed by atoms with E-state index in [1.165, 1.54) is 11.1 Å². The number of benzene rings is 9. The maximum Gasteiger partial charge on any atom is 0.135 e. The van der Waals surface area contributed by atoms with E-state index in [0.717, 1.165) is 94.9 Å². The molecule has 2 heterocycles. The number of fused-ring (bicyclic) bond motifs is 3. The van der Waals surface area contributed by atoms with Crippen LogP contribution in [-0.4, -0.2) is 22.4 Å². The number of aliphatic imine (C=N–C) groups is 1. The number of hydrogen-bond acceptors (Lipinski definition) is 3. The summed E-state index contributed by atoms with van der Waals surface area (Å²) in [5, 5.41) is 2.29. The van der Waals surface area contributed by atoms with E-state index in [2.05, 4.69) is 241 Å². The number of nitrogen functional groups attached to an aromatic ring is 1. The molecule has 0 saturated carbocycles. The fraction of sp³-hybridized carbons (Fsp3) is 0.0323. The van der Waals surface area contributed by atoms with Gasteiger partial charge in [0.25, 0.3) is 0 Å². The number of para-hydroxylation sites is 2. The maximum absolute atomic E-state index is 6.89. The first kappa shape index (κ1) is 40.9. The van der Waals surface area contributed by atoms with Crippen LogP contribution in [0.1, 0.15) is 11.1 Å². The topological polar surface area (TPSA) is 59.4 Å². The van der Waals surface area contributed by atoms with Gasteiger partial charge in [-0.2, -0.15) is 0 Å². The Bertz CT molecular complexity index is 3490. The molecule has 0 aliphatic heterocycles. The number of nitrogens with zero attached hydrogens (tertiary/aromatic N) is 4. The lowest BCUT2D eigenvalue weighted by Gasteiger charge is -2.27. The van der Waals surface area contributed by atoms with Crippen molar-refractivity contribution >= 4 is 39.0 Å². The largest absolute Gasteiger partial charge is 0.398 e. The highest BCUT2D eigenvalue weighted by atomic mass is 15.2. The van der Waals surface area contributed by atoms with E-state index in [1.54, 1.807) is 0 Å². The van der Waals surface area contributed by atoms with Gasteiger partial charge in [0.05, 0.1) is 34.7 Å². The molecule has 5 heteroatoms. The van der Waals surface area contributed by atoms with Gasteiger partial charge in [-0.3, -0.25) is 4.99 Å². The second-order valence-electron chi connectivity index (χ2n) is 16.8. The number of anilines is 2. The third-order valence-electron chi connectivity index (χ3n) is 12.7. The molecule has 0 unspecified atom stereocenters. The first-order valence-corrected chi connectivity index (χ1v) is 22.7. The van der Waals surface area contributed by atoms with E-state index >= 15 is 0 Å². The Morgan fingerprint density at radius 1 is 0.478 bits per heavy atom. The van der Waals surface area contributed by atoms with E-state index in [0.29, 0.717) is 12.2 Å². The molecule has 5 nitrogen and oxygen atoms in total. The summed E-state index contributed by atoms with van der Waals surface area (Å²) in [5.74, 6) is 0.845. The normalized spacial score (nSPS) is 11.6. The number of amidine groups is 1. The third-order valence-corrected chi connectivity index (χ3v) is 12.7. The van der Waals surface area contributed by atoms with Gasteiger partial charge < -0.3 is 15.2 Å². The van der Waals surface area contributed by atoms with Gasteiger partial charge in [-0.1, -0.05) is 206 Å². The van der Waals surface area contributed by atoms with Gasteiger partial charge in [-0.05, 0) is 64.2 Å². The average Bonchev–Trinajstić information content (AvgIpc) is 3.74. The van der Waals surface area contributed by atoms with E-state index in [9.17, 15) is 0 Å². The summed E-state index contributed by atoms with van der Waals surface area (Å²) in [6, 6.07) is 85.1. The Hall–Kier alpha value is -8.80. The summed E-state index contributed by atoms with van der Waals surface area (Å²) in [6.45, 7) is 0.481. The van der Waals surface area contributed by atoms with Crippen LogP contribution in [0.4, 0.5) is 11.4 Å². The standard InChI is InChI=1S/C62H47N5/c1-66(62(47-26-12-5-13-27-47)64-42-48-28-14-15-29-51(48)44-22-8-3-9-23-44)60-54(52-30-16-18-32-56(52)63)38-39-55-53-31-17-19-33-59(53)67(61(55)60)50-36-34-46(35-37-50)58-41-49(43-20-6-2-7-21-43)40-57(65-58)45-24-10-4-11-25-45/h2-41H,42,63H2,1H3. The Kier molecular flexibility index (Phi) is 11.0. The van der Waals surface area contributed by atoms with Crippen LogP contribution in [0.3, 0.4) is 0 Å². The van der Waals surface area contributed by atoms with Crippen molar-refractivity contribution in [2.24, 2.45) is 4.99 Å². The number of pyridine rings is 1. The summed E-state index contributed by atoms with van der Waals surface area (Å²) >= 11 is 0. The quantitative estimate of drug-likeness (QED) is 0.0846. The predicted octanol–water partition coefficient (Wildman–Crippen LogP) is 15.2. The average molecular weight is 862 g/mol. The van der Waals surface area contributed by atoms with Gasteiger partial charge in [0.2, 0.25) is 0 Å². The summed E-state index contributed by atoms with van der Waals surface area (Å²) in [6.07, 6.45) is 0. The molecule has 0 radical (unpaired) electrons. The van der Waals surface area contributed by atoms with Crippen molar-refractivity contribution in [1.82, 2.24) is 9.55 Å². The van der Waals surface area contributed by atoms with Crippen molar-refractivity contribution in [2.45, 2.75) is 6.54 Å². The lowest BCUT2D eigenvalue weighted by atomic mass is 9.98. The minimum Gasteiger partial charge on any atom is -0.398 e. The second kappa shape index (κ2) is 18.0. The van der Waals surface area contributed by atoms with Gasteiger partial charge in [-0.25, -0.2) is 4.98 Å². The molecule has 11 rings (SSSR count). The molecule has 320 valence electrons. The van der Waals surface area contributed by atoms with Crippen LogP contribution in [0.25, 0.3) is 83.4 Å². The maximum atomic E-state index is 6.89. The Balaban J connectivity index is 1.11. The smallest absolute Gasteiger partial charge is 0.135 e. The zero-order chi connectivity index (χ0) is 45.1. The molecule has 67 heavy (non-hydrogen) atoms. The zero-order valence-corrected chi connectivity index (χ0v) is 37.2. The molecule has 0 spiro atoms. The highest BCUT2D eigenvalue weighted by molar-refractivity contribution is 6.21. The van der Waals surface area contributed by atoms with Crippen LogP contribution in [0, 0.1) is 0 Å². The fourth-order valence-electron chi connectivity index (χ4n) is 9.42. The van der Waals surface area contributed by atoms with Gasteiger partial charge in [-0.15, -0.1) is 0 Å². The minimum atomic E-state index is 0.481. The van der Waals surface area contributed by atoms with Crippen LogP contribution in [0.15, 0.2) is 248 Å². The molecule has 0 amide bonds. The Labute approximate surface area is 391 Å². The molecule has 2 aromatic heterocycles. The van der Waals surface area contributed by atoms with Crippen molar-refractivity contribution in [3.05, 3.63) is 254 Å². The number of aromatic nitrogens is 2. The monoisotopic (exact) mass is 861 g/mol. The molecular weight excluding hydrogens is 815 g/mol. The van der Waals surface area contributed by atoms with Crippen molar-refractivity contribution in [1.29, 1.82) is 0 Å². The Morgan fingerprint density at radius 2 is 1.03 bits per heavy atom. The molecule has 0 bridgehead atoms. The molecule has 0 atom stereocenters. The lowest BCUT2D eigenvalue weighted by Crippen LogP contribution is -2.29. The van der Waals surface area contributed by atoms with Gasteiger partial charge in [0.15, 0.2) is 0 Å². The van der Waals surface area contributed by atoms with Crippen molar-refractivity contribution in [3.63, 3.8) is 0 Å². The van der Waals surface area contributed by atoms with Gasteiger partial charge >= 0.3 is 0 Å². The SMILES string of the molecule is CN(C(=NCc1ccccc1-c1ccccc1)c1ccccc1)c1c(-c2ccccc2N)ccc2c3ccccc3n(-c3ccc(-c4cc(-c5ccccc5)cc(-c5ccccc5)n4)cc3)c12. The third kappa shape index (κ3) is 7.94. The first-order chi connectivity index (χ1) is 33.1. The molecule has 0 saturated heterocycles. The van der Waals surface area contributed by atoms with Crippen LogP contribution >= 0.6 is 0 Å². The van der Waals surface area contributed by atoms with Gasteiger partial charge in [0, 0.05) is 57.0 Å². The first-order valence-electron chi connectivity index (χ1n) is 22.7. The van der Waals surface area contributed by atoms with E-state index in [4.69, 9.17) is 15.7 Å². The molecule has 0 fully saturated rings. The predicted molar refractivity (Wildman–Crippen MR) is 282 cm³/mol. The number of rotatable bonds is 10. The van der Waals surface area contributed by atoms with E-state index in [1.807, 2.05) is 18.2 Å². The number of hydrogen-bond donors (Lipinski definition) is 1. The zero-order valence-electron chi connectivity index (χ0n) is 37.2. The second-order valence-corrected chi connectivity index (χ2v) is 16.8. The molecule has 2 N–H and O–H groups in total. The molecular formula is C62H47N5. The Morgan fingerprint density at radius 3 is 1.72 bits per heavy atom. The minimum absolute atomic E-state index is 0.481. The van der Waals surface area contributed by atoms with Crippen molar-refractivity contribution < 1.29 is 0 Å². The van der Waals surface area contributed by atoms with Crippen LogP contribution in [0.5, 0.6) is 0 Å². The van der Waals surface area contributed by atoms with Crippen LogP contribution in [0.2, 0.25) is 0 Å². The molecule has 0 aliphatic rings. The summed E-state index contributed by atoms with van der Waals surface area (Å²) in [5.41, 5.74) is 24.5. The van der Waals surface area contributed by atoms with Crippen molar-refractivity contribution in [2.75, 3.05) is 17.7 Å². The molecule has 11 aromatic rings.